The van der Waals surface area contributed by atoms with Crippen LogP contribution in [0, 0.1) is 0 Å². The highest BCUT2D eigenvalue weighted by atomic mass is 32.2. The van der Waals surface area contributed by atoms with Crippen LogP contribution in [0.15, 0.2) is 52.3 Å². The average molecular weight is 422 g/mol. The summed E-state index contributed by atoms with van der Waals surface area (Å²) in [6.07, 6.45) is 2.85. The molecule has 5 nitrogen and oxygen atoms in total. The normalized spacial score (nSPS) is 17.8. The Morgan fingerprint density at radius 2 is 1.93 bits per heavy atom. The lowest BCUT2D eigenvalue weighted by Gasteiger charge is -2.17. The van der Waals surface area contributed by atoms with E-state index in [1.165, 1.54) is 21.9 Å². The predicted molar refractivity (Wildman–Crippen MR) is 118 cm³/mol. The summed E-state index contributed by atoms with van der Waals surface area (Å²) in [5.41, 5.74) is 3.15. The standard InChI is InChI=1S/C24H23NO4S/c1-2-29-20-10-9-15(17-5-3-4-6-18(17)20)11-16-12-21(26)25-19(24(27)28)13-30-23(25)22(16)14-7-8-14/h3-6,9-10,12,14,19H,2,7-8,11,13H2,1H3,(H,27,28). The molecule has 0 amide bonds. The maximum absolute atomic E-state index is 12.9. The van der Waals surface area contributed by atoms with Gasteiger partial charge >= 0.3 is 5.97 Å². The van der Waals surface area contributed by atoms with Crippen LogP contribution in [0.3, 0.4) is 0 Å². The summed E-state index contributed by atoms with van der Waals surface area (Å²) in [6, 6.07) is 13.2. The average Bonchev–Trinajstić information content (AvgIpc) is 3.46. The molecule has 0 spiro atoms. The monoisotopic (exact) mass is 421 g/mol. The van der Waals surface area contributed by atoms with Crippen molar-refractivity contribution in [1.29, 1.82) is 0 Å². The molecule has 0 radical (unpaired) electrons. The van der Waals surface area contributed by atoms with Gasteiger partial charge in [0.2, 0.25) is 0 Å². The second-order valence-electron chi connectivity index (χ2n) is 7.91. The first-order chi connectivity index (χ1) is 14.6. The zero-order chi connectivity index (χ0) is 20.8. The lowest BCUT2D eigenvalue weighted by molar-refractivity contribution is -0.140. The van der Waals surface area contributed by atoms with Crippen LogP contribution in [0.2, 0.25) is 0 Å². The van der Waals surface area contributed by atoms with Crippen molar-refractivity contribution in [1.82, 2.24) is 4.57 Å². The molecule has 154 valence electrons. The summed E-state index contributed by atoms with van der Waals surface area (Å²) in [5.74, 6) is 0.777. The first kappa shape index (κ1) is 19.2. The molecule has 1 N–H and O–H groups in total. The lowest BCUT2D eigenvalue weighted by atomic mass is 9.94. The van der Waals surface area contributed by atoms with Crippen LogP contribution in [0.1, 0.15) is 48.4 Å². The maximum Gasteiger partial charge on any atom is 0.327 e. The van der Waals surface area contributed by atoms with E-state index in [-0.39, 0.29) is 5.56 Å². The van der Waals surface area contributed by atoms with Crippen molar-refractivity contribution >= 4 is 28.5 Å². The van der Waals surface area contributed by atoms with Gasteiger partial charge in [0.05, 0.1) is 11.6 Å². The largest absolute Gasteiger partial charge is 0.493 e. The van der Waals surface area contributed by atoms with E-state index in [9.17, 15) is 14.7 Å². The van der Waals surface area contributed by atoms with Crippen LogP contribution in [-0.4, -0.2) is 28.0 Å². The van der Waals surface area contributed by atoms with Gasteiger partial charge in [0.25, 0.3) is 5.56 Å². The summed E-state index contributed by atoms with van der Waals surface area (Å²) in [4.78, 5) is 24.5. The van der Waals surface area contributed by atoms with Crippen molar-refractivity contribution in [2.24, 2.45) is 0 Å². The van der Waals surface area contributed by atoms with Gasteiger partial charge in [-0.1, -0.05) is 30.3 Å². The molecule has 1 saturated carbocycles. The highest BCUT2D eigenvalue weighted by Crippen LogP contribution is 2.48. The second kappa shape index (κ2) is 7.51. The molecular formula is C24H23NO4S. The quantitative estimate of drug-likeness (QED) is 0.630. The van der Waals surface area contributed by atoms with Crippen molar-refractivity contribution < 1.29 is 14.6 Å². The molecule has 3 aromatic rings. The van der Waals surface area contributed by atoms with E-state index in [4.69, 9.17) is 4.74 Å². The van der Waals surface area contributed by atoms with Gasteiger partial charge in [0.15, 0.2) is 0 Å². The fourth-order valence-electron chi connectivity index (χ4n) is 4.45. The summed E-state index contributed by atoms with van der Waals surface area (Å²) < 4.78 is 7.30. The highest BCUT2D eigenvalue weighted by molar-refractivity contribution is 7.99. The summed E-state index contributed by atoms with van der Waals surface area (Å²) >= 11 is 1.51. The SMILES string of the molecule is CCOc1ccc(Cc2cc(=O)n3c(c2C2CC2)SCC3C(=O)O)c2ccccc12. The summed E-state index contributed by atoms with van der Waals surface area (Å²) in [7, 11) is 0. The third-order valence-electron chi connectivity index (χ3n) is 5.95. The number of aromatic nitrogens is 1. The van der Waals surface area contributed by atoms with Gasteiger partial charge in [0.1, 0.15) is 11.8 Å². The number of nitrogens with zero attached hydrogens (tertiary/aromatic N) is 1. The molecule has 2 aliphatic rings. The maximum atomic E-state index is 12.9. The number of carboxylic acids is 1. The molecule has 0 saturated heterocycles. The first-order valence-corrected chi connectivity index (χ1v) is 11.3. The number of rotatable bonds is 6. The number of thioether (sulfide) groups is 1. The van der Waals surface area contributed by atoms with Crippen LogP contribution in [0.25, 0.3) is 10.8 Å². The number of hydrogen-bond acceptors (Lipinski definition) is 4. The summed E-state index contributed by atoms with van der Waals surface area (Å²) in [5, 5.41) is 12.6. The Morgan fingerprint density at radius 1 is 1.17 bits per heavy atom. The van der Waals surface area contributed by atoms with Crippen molar-refractivity contribution in [3.8, 4) is 5.75 Å². The van der Waals surface area contributed by atoms with Crippen LogP contribution >= 0.6 is 11.8 Å². The van der Waals surface area contributed by atoms with E-state index < -0.39 is 12.0 Å². The number of pyridine rings is 1. The van der Waals surface area contributed by atoms with Crippen LogP contribution in [0.5, 0.6) is 5.75 Å². The number of benzene rings is 2. The number of carbonyl (C=O) groups is 1. The zero-order valence-corrected chi connectivity index (χ0v) is 17.6. The molecule has 5 rings (SSSR count). The van der Waals surface area contributed by atoms with Gasteiger partial charge in [-0.05, 0) is 60.2 Å². The molecule has 1 aliphatic carbocycles. The van der Waals surface area contributed by atoms with Gasteiger partial charge < -0.3 is 9.84 Å². The molecule has 2 aromatic carbocycles. The third-order valence-corrected chi connectivity index (χ3v) is 7.12. The predicted octanol–water partition coefficient (Wildman–Crippen LogP) is 4.60. The molecule has 30 heavy (non-hydrogen) atoms. The molecule has 1 unspecified atom stereocenters. The molecule has 1 fully saturated rings. The summed E-state index contributed by atoms with van der Waals surface area (Å²) in [6.45, 7) is 2.59. The lowest BCUT2D eigenvalue weighted by Crippen LogP contribution is -2.29. The van der Waals surface area contributed by atoms with E-state index in [0.29, 0.717) is 24.7 Å². The van der Waals surface area contributed by atoms with Crippen molar-refractivity contribution in [2.45, 2.75) is 43.2 Å². The van der Waals surface area contributed by atoms with Crippen LogP contribution < -0.4 is 10.3 Å². The van der Waals surface area contributed by atoms with E-state index in [1.54, 1.807) is 6.07 Å². The van der Waals surface area contributed by atoms with Crippen LogP contribution in [0.4, 0.5) is 0 Å². The molecule has 6 heteroatoms. The molecule has 2 heterocycles. The van der Waals surface area contributed by atoms with Crippen molar-refractivity contribution in [3.63, 3.8) is 0 Å². The Hall–Kier alpha value is -2.73. The third kappa shape index (κ3) is 3.19. The van der Waals surface area contributed by atoms with E-state index >= 15 is 0 Å². The van der Waals surface area contributed by atoms with Gasteiger partial charge in [-0.25, -0.2) is 4.79 Å². The van der Waals surface area contributed by atoms with Crippen LogP contribution in [-0.2, 0) is 11.2 Å². The molecule has 1 atom stereocenters. The first-order valence-electron chi connectivity index (χ1n) is 10.4. The second-order valence-corrected chi connectivity index (χ2v) is 8.92. The fraction of sp³-hybridized carbons (Fsp3) is 0.333. The molecule has 0 bridgehead atoms. The molecule has 1 aliphatic heterocycles. The zero-order valence-electron chi connectivity index (χ0n) is 16.8. The number of aliphatic carboxylic acids is 1. The van der Waals surface area contributed by atoms with Gasteiger partial charge in [-0.15, -0.1) is 11.8 Å². The number of ether oxygens (including phenoxy) is 1. The van der Waals surface area contributed by atoms with Gasteiger partial charge in [-0.2, -0.15) is 0 Å². The molecular weight excluding hydrogens is 398 g/mol. The number of hydrogen-bond donors (Lipinski definition) is 1. The van der Waals surface area contributed by atoms with E-state index in [2.05, 4.69) is 18.2 Å². The fourth-order valence-corrected chi connectivity index (χ4v) is 5.87. The Balaban J connectivity index is 1.63. The minimum Gasteiger partial charge on any atom is -0.493 e. The Labute approximate surface area is 178 Å². The van der Waals surface area contributed by atoms with Crippen molar-refractivity contribution in [2.75, 3.05) is 12.4 Å². The molecule has 1 aromatic heterocycles. The van der Waals surface area contributed by atoms with E-state index in [1.807, 2.05) is 25.1 Å². The van der Waals surface area contributed by atoms with Gasteiger partial charge in [0, 0.05) is 17.2 Å². The van der Waals surface area contributed by atoms with Crippen molar-refractivity contribution in [3.05, 3.63) is 69.5 Å². The van der Waals surface area contributed by atoms with Gasteiger partial charge in [-0.3, -0.25) is 9.36 Å². The minimum atomic E-state index is -0.935. The Bertz CT molecular complexity index is 1210. The smallest absolute Gasteiger partial charge is 0.327 e. The number of fused-ring (bicyclic) bond motifs is 2. The highest BCUT2D eigenvalue weighted by Gasteiger charge is 2.37. The Morgan fingerprint density at radius 3 is 2.63 bits per heavy atom. The topological polar surface area (TPSA) is 68.5 Å². The number of carboxylic acid groups (broad SMARTS) is 1. The van der Waals surface area contributed by atoms with E-state index in [0.717, 1.165) is 45.5 Å². The minimum absolute atomic E-state index is 0.211. The Kier molecular flexibility index (Phi) is 4.82.